The van der Waals surface area contributed by atoms with Crippen molar-refractivity contribution >= 4 is 34.3 Å². The van der Waals surface area contributed by atoms with E-state index in [1.165, 1.54) is 11.3 Å². The van der Waals surface area contributed by atoms with Gasteiger partial charge in [0.2, 0.25) is 0 Å². The molecule has 0 aliphatic carbocycles. The number of nitrogens with one attached hydrogen (secondary N) is 1. The number of amides is 2. The third-order valence-corrected chi connectivity index (χ3v) is 3.30. The first-order valence-corrected chi connectivity index (χ1v) is 7.28. The van der Waals surface area contributed by atoms with Crippen LogP contribution in [0.2, 0.25) is 0 Å². The molecule has 9 heteroatoms. The molecular weight excluding hydrogens is 296 g/mol. The van der Waals surface area contributed by atoms with Crippen LogP contribution in [0.4, 0.5) is 15.4 Å². The van der Waals surface area contributed by atoms with Gasteiger partial charge in [-0.2, -0.15) is 5.01 Å². The Labute approximate surface area is 125 Å². The maximum Gasteiger partial charge on any atom is 0.435 e. The Morgan fingerprint density at radius 2 is 2.10 bits per heavy atom. The van der Waals surface area contributed by atoms with E-state index in [-0.39, 0.29) is 13.2 Å². The number of fused-ring (bicyclic) bond motifs is 1. The zero-order chi connectivity index (χ0) is 15.4. The lowest BCUT2D eigenvalue weighted by molar-refractivity contribution is 0.138. The molecule has 8 nitrogen and oxygen atoms in total. The van der Waals surface area contributed by atoms with Crippen LogP contribution in [-0.4, -0.2) is 34.8 Å². The van der Waals surface area contributed by atoms with Gasteiger partial charge in [0, 0.05) is 11.6 Å². The van der Waals surface area contributed by atoms with E-state index in [9.17, 15) is 9.59 Å². The Morgan fingerprint density at radius 1 is 1.38 bits per heavy atom. The summed E-state index contributed by atoms with van der Waals surface area (Å²) in [6.07, 6.45) is 0.311. The normalized spacial score (nSPS) is 10.4. The summed E-state index contributed by atoms with van der Waals surface area (Å²) in [6.45, 7) is 5.49. The molecule has 2 aromatic rings. The smallest absolute Gasteiger partial charge is 0.435 e. The zero-order valence-electron chi connectivity index (χ0n) is 12.0. The fourth-order valence-electron chi connectivity index (χ4n) is 1.78. The van der Waals surface area contributed by atoms with E-state index in [0.717, 1.165) is 5.01 Å². The molecule has 21 heavy (non-hydrogen) atoms. The summed E-state index contributed by atoms with van der Waals surface area (Å²) < 4.78 is 11.5. The highest BCUT2D eigenvalue weighted by molar-refractivity contribution is 7.15. The Bertz CT molecular complexity index is 651. The van der Waals surface area contributed by atoms with Crippen LogP contribution in [-0.2, 0) is 9.47 Å². The van der Waals surface area contributed by atoms with Gasteiger partial charge in [0.15, 0.2) is 10.8 Å². The second kappa shape index (κ2) is 6.44. The molecule has 1 N–H and O–H groups in total. The molecule has 0 bridgehead atoms. The number of hydrogen-bond donors (Lipinski definition) is 1. The predicted octanol–water partition coefficient (Wildman–Crippen LogP) is 2.33. The van der Waals surface area contributed by atoms with Gasteiger partial charge in [-0.3, -0.25) is 4.40 Å². The van der Waals surface area contributed by atoms with E-state index in [1.54, 1.807) is 31.4 Å². The summed E-state index contributed by atoms with van der Waals surface area (Å²) in [5.41, 5.74) is 2.96. The number of carbonyl (C=O) groups is 2. The monoisotopic (exact) mass is 312 g/mol. The van der Waals surface area contributed by atoms with Crippen LogP contribution in [0.3, 0.4) is 0 Å². The standard InChI is InChI=1S/C12H16N4O4S/c1-4-19-11(17)14-16(12(18)20-5-2)9-8(3)13-10-15(9)6-7-21-10/h6-7H,4-5H2,1-3H3,(H,14,17). The second-order valence-corrected chi connectivity index (χ2v) is 4.82. The van der Waals surface area contributed by atoms with Crippen LogP contribution < -0.4 is 10.4 Å². The number of anilines is 1. The first-order valence-electron chi connectivity index (χ1n) is 6.40. The number of ether oxygens (including phenoxy) is 2. The number of hydrazine groups is 1. The summed E-state index contributed by atoms with van der Waals surface area (Å²) >= 11 is 1.42. The maximum atomic E-state index is 12.1. The number of thiazole rings is 1. The summed E-state index contributed by atoms with van der Waals surface area (Å²) in [6, 6.07) is 0. The lowest BCUT2D eigenvalue weighted by Crippen LogP contribution is -2.48. The van der Waals surface area contributed by atoms with Gasteiger partial charge >= 0.3 is 12.2 Å². The quantitative estimate of drug-likeness (QED) is 0.879. The predicted molar refractivity (Wildman–Crippen MR) is 77.5 cm³/mol. The van der Waals surface area contributed by atoms with Crippen molar-refractivity contribution < 1.29 is 19.1 Å². The topological polar surface area (TPSA) is 85.2 Å². The lowest BCUT2D eigenvalue weighted by atomic mass is 10.5. The maximum absolute atomic E-state index is 12.1. The number of nitrogens with zero attached hydrogens (tertiary/aromatic N) is 3. The molecule has 0 atom stereocenters. The summed E-state index contributed by atoms with van der Waals surface area (Å²) in [5.74, 6) is 0.415. The van der Waals surface area contributed by atoms with Crippen molar-refractivity contribution in [2.45, 2.75) is 20.8 Å². The average molecular weight is 312 g/mol. The number of rotatable bonds is 3. The van der Waals surface area contributed by atoms with Crippen molar-refractivity contribution in [1.82, 2.24) is 14.8 Å². The van der Waals surface area contributed by atoms with E-state index in [2.05, 4.69) is 10.4 Å². The molecule has 2 rings (SSSR count). The second-order valence-electron chi connectivity index (χ2n) is 3.94. The van der Waals surface area contributed by atoms with Gasteiger partial charge in [0.05, 0.1) is 18.9 Å². The van der Waals surface area contributed by atoms with Crippen LogP contribution >= 0.6 is 11.3 Å². The summed E-state index contributed by atoms with van der Waals surface area (Å²) in [5, 5.41) is 2.84. The van der Waals surface area contributed by atoms with Crippen molar-refractivity contribution in [1.29, 1.82) is 0 Å². The highest BCUT2D eigenvalue weighted by Crippen LogP contribution is 2.24. The number of aromatic nitrogens is 2. The van der Waals surface area contributed by atoms with Gasteiger partial charge in [-0.25, -0.2) is 20.0 Å². The van der Waals surface area contributed by atoms with E-state index in [1.807, 2.05) is 5.38 Å². The van der Waals surface area contributed by atoms with Gasteiger partial charge in [0.1, 0.15) is 0 Å². The Hall–Kier alpha value is -2.29. The molecule has 0 unspecified atom stereocenters. The first-order chi connectivity index (χ1) is 10.1. The van der Waals surface area contributed by atoms with Gasteiger partial charge in [0.25, 0.3) is 0 Å². The molecule has 0 radical (unpaired) electrons. The highest BCUT2D eigenvalue weighted by Gasteiger charge is 2.26. The highest BCUT2D eigenvalue weighted by atomic mass is 32.1. The third kappa shape index (κ3) is 3.07. The Balaban J connectivity index is 2.38. The van der Waals surface area contributed by atoms with Crippen LogP contribution in [0.25, 0.3) is 4.96 Å². The minimum Gasteiger partial charge on any atom is -0.449 e. The van der Waals surface area contributed by atoms with Crippen molar-refractivity contribution in [2.24, 2.45) is 0 Å². The van der Waals surface area contributed by atoms with Gasteiger partial charge in [-0.05, 0) is 20.8 Å². The number of aryl methyl sites for hydroxylation is 1. The Morgan fingerprint density at radius 3 is 2.76 bits per heavy atom. The zero-order valence-corrected chi connectivity index (χ0v) is 12.8. The minimum absolute atomic E-state index is 0.185. The molecule has 0 aliphatic rings. The van der Waals surface area contributed by atoms with Crippen molar-refractivity contribution in [2.75, 3.05) is 18.2 Å². The summed E-state index contributed by atoms with van der Waals surface area (Å²) in [4.78, 5) is 28.8. The molecule has 0 aromatic carbocycles. The number of imidazole rings is 1. The molecule has 2 aromatic heterocycles. The molecule has 0 saturated carbocycles. The van der Waals surface area contributed by atoms with E-state index < -0.39 is 12.2 Å². The molecule has 0 saturated heterocycles. The molecule has 0 aliphatic heterocycles. The lowest BCUT2D eigenvalue weighted by Gasteiger charge is -2.21. The van der Waals surface area contributed by atoms with Gasteiger partial charge in [-0.1, -0.05) is 0 Å². The number of carbonyl (C=O) groups excluding carboxylic acids is 2. The van der Waals surface area contributed by atoms with Crippen LogP contribution in [0, 0.1) is 6.92 Å². The fourth-order valence-corrected chi connectivity index (χ4v) is 2.53. The number of hydrogen-bond acceptors (Lipinski definition) is 6. The molecule has 2 heterocycles. The van der Waals surface area contributed by atoms with E-state index in [4.69, 9.17) is 9.47 Å². The van der Waals surface area contributed by atoms with Gasteiger partial charge < -0.3 is 9.47 Å². The third-order valence-electron chi connectivity index (χ3n) is 2.55. The molecule has 0 spiro atoms. The van der Waals surface area contributed by atoms with Crippen LogP contribution in [0.5, 0.6) is 0 Å². The van der Waals surface area contributed by atoms with Gasteiger partial charge in [-0.15, -0.1) is 11.3 Å². The van der Waals surface area contributed by atoms with E-state index >= 15 is 0 Å². The molecule has 2 amide bonds. The average Bonchev–Trinajstić information content (AvgIpc) is 2.97. The Kier molecular flexibility index (Phi) is 4.63. The largest absolute Gasteiger partial charge is 0.449 e. The van der Waals surface area contributed by atoms with Crippen molar-refractivity contribution in [3.05, 3.63) is 17.3 Å². The van der Waals surface area contributed by atoms with Crippen LogP contribution in [0.1, 0.15) is 19.5 Å². The summed E-state index contributed by atoms with van der Waals surface area (Å²) in [7, 11) is 0. The van der Waals surface area contributed by atoms with E-state index in [0.29, 0.717) is 16.5 Å². The first kappa shape index (κ1) is 15.1. The minimum atomic E-state index is -0.741. The fraction of sp³-hybridized carbons (Fsp3) is 0.417. The molecule has 0 fully saturated rings. The molecule has 114 valence electrons. The van der Waals surface area contributed by atoms with Crippen molar-refractivity contribution in [3.8, 4) is 0 Å². The molecular formula is C12H16N4O4S. The SMILES string of the molecule is CCOC(=O)NN(C(=O)OCC)c1c(C)nc2sccn12. The van der Waals surface area contributed by atoms with Crippen molar-refractivity contribution in [3.63, 3.8) is 0 Å². The van der Waals surface area contributed by atoms with Crippen LogP contribution in [0.15, 0.2) is 11.6 Å².